The molecule has 0 aliphatic heterocycles. The van der Waals surface area contributed by atoms with E-state index in [0.717, 1.165) is 47.2 Å². The fourth-order valence-electron chi connectivity index (χ4n) is 3.63. The summed E-state index contributed by atoms with van der Waals surface area (Å²) in [6, 6.07) is 15.7. The Morgan fingerprint density at radius 2 is 1.85 bits per heavy atom. The maximum atomic E-state index is 9.73. The van der Waals surface area contributed by atoms with Crippen molar-refractivity contribution >= 4 is 29.0 Å². The average molecular weight is 380 g/mol. The van der Waals surface area contributed by atoms with Crippen LogP contribution >= 0.6 is 23.2 Å². The molecule has 0 fully saturated rings. The summed E-state index contributed by atoms with van der Waals surface area (Å²) in [5.74, 6) is 0.226. The molecule has 1 aliphatic carbocycles. The Morgan fingerprint density at radius 3 is 2.62 bits per heavy atom. The number of pyridine rings is 1. The zero-order valence-corrected chi connectivity index (χ0v) is 15.4. The minimum Gasteiger partial charge on any atom is -0.383 e. The molecule has 26 heavy (non-hydrogen) atoms. The van der Waals surface area contributed by atoms with E-state index in [4.69, 9.17) is 28.9 Å². The van der Waals surface area contributed by atoms with Crippen LogP contribution in [0.3, 0.4) is 0 Å². The fraction of sp³-hybridized carbons (Fsp3) is 0.143. The van der Waals surface area contributed by atoms with Crippen LogP contribution in [-0.4, -0.2) is 4.98 Å². The summed E-state index contributed by atoms with van der Waals surface area (Å²) in [7, 11) is 0. The summed E-state index contributed by atoms with van der Waals surface area (Å²) < 4.78 is 0. The predicted molar refractivity (Wildman–Crippen MR) is 106 cm³/mol. The van der Waals surface area contributed by atoms with E-state index in [9.17, 15) is 5.26 Å². The highest BCUT2D eigenvalue weighted by Gasteiger charge is 2.25. The number of nitrogens with zero attached hydrogens (tertiary/aromatic N) is 2. The number of hydrogen-bond donors (Lipinski definition) is 1. The molecule has 1 heterocycles. The second kappa shape index (κ2) is 6.64. The lowest BCUT2D eigenvalue weighted by molar-refractivity contribution is 0.834. The number of aryl methyl sites for hydroxylation is 1. The lowest BCUT2D eigenvalue weighted by Gasteiger charge is -2.17. The number of nitrogen functional groups attached to an aromatic ring is 1. The number of anilines is 1. The highest BCUT2D eigenvalue weighted by Crippen LogP contribution is 2.42. The van der Waals surface area contributed by atoms with Crippen LogP contribution in [0.4, 0.5) is 5.82 Å². The average Bonchev–Trinajstić information content (AvgIpc) is 2.80. The minimum atomic E-state index is 0.226. The van der Waals surface area contributed by atoms with Crippen molar-refractivity contribution in [3.8, 4) is 28.5 Å². The number of hydrogen-bond acceptors (Lipinski definition) is 3. The lowest BCUT2D eigenvalue weighted by Crippen LogP contribution is -2.05. The summed E-state index contributed by atoms with van der Waals surface area (Å²) in [5, 5.41) is 10.8. The number of rotatable bonds is 1. The van der Waals surface area contributed by atoms with Crippen LogP contribution in [0.15, 0.2) is 42.5 Å². The van der Waals surface area contributed by atoms with E-state index in [2.05, 4.69) is 23.2 Å². The van der Waals surface area contributed by atoms with Crippen molar-refractivity contribution in [3.63, 3.8) is 0 Å². The molecule has 128 valence electrons. The molecule has 3 aromatic rings. The van der Waals surface area contributed by atoms with E-state index >= 15 is 0 Å². The number of benzene rings is 2. The van der Waals surface area contributed by atoms with E-state index in [1.165, 1.54) is 5.56 Å². The molecule has 0 spiro atoms. The quantitative estimate of drug-likeness (QED) is 0.592. The molecule has 0 saturated carbocycles. The van der Waals surface area contributed by atoms with Gasteiger partial charge in [-0.25, -0.2) is 4.98 Å². The number of aromatic nitrogens is 1. The monoisotopic (exact) mass is 379 g/mol. The summed E-state index contributed by atoms with van der Waals surface area (Å²) >= 11 is 12.5. The van der Waals surface area contributed by atoms with Crippen molar-refractivity contribution in [2.75, 3.05) is 5.73 Å². The Bertz CT molecular complexity index is 1070. The van der Waals surface area contributed by atoms with E-state index in [0.29, 0.717) is 15.6 Å². The minimum absolute atomic E-state index is 0.226. The number of halogens is 2. The molecule has 0 saturated heterocycles. The standard InChI is InChI=1S/C21H15Cl2N3/c22-13-8-9-15(18(23)10-13)19-16-7-3-5-12-4-1-2-6-14(12)20(16)26-21(25)17(19)11-24/h1-2,4,6,8-10H,3,5,7H2,(H2,25,26). The van der Waals surface area contributed by atoms with Gasteiger partial charge in [0.05, 0.1) is 5.69 Å². The van der Waals surface area contributed by atoms with Gasteiger partial charge in [0, 0.05) is 26.7 Å². The van der Waals surface area contributed by atoms with Crippen LogP contribution in [0.5, 0.6) is 0 Å². The van der Waals surface area contributed by atoms with Crippen LogP contribution in [0.25, 0.3) is 22.4 Å². The van der Waals surface area contributed by atoms with Gasteiger partial charge in [0.1, 0.15) is 17.5 Å². The van der Waals surface area contributed by atoms with Crippen LogP contribution < -0.4 is 5.73 Å². The Balaban J connectivity index is 2.10. The fourth-order valence-corrected chi connectivity index (χ4v) is 4.14. The van der Waals surface area contributed by atoms with E-state index in [1.54, 1.807) is 12.1 Å². The molecule has 0 unspecified atom stereocenters. The van der Waals surface area contributed by atoms with Gasteiger partial charge in [0.15, 0.2) is 0 Å². The van der Waals surface area contributed by atoms with E-state index < -0.39 is 0 Å². The molecule has 0 bridgehead atoms. The molecule has 4 rings (SSSR count). The van der Waals surface area contributed by atoms with Gasteiger partial charge in [-0.3, -0.25) is 0 Å². The SMILES string of the molecule is N#Cc1c(N)nc2c(c1-c1ccc(Cl)cc1Cl)CCCc1ccccc1-2. The van der Waals surface area contributed by atoms with Gasteiger partial charge in [-0.1, -0.05) is 53.5 Å². The van der Waals surface area contributed by atoms with Crippen molar-refractivity contribution in [1.29, 1.82) is 5.26 Å². The maximum absolute atomic E-state index is 9.73. The number of nitriles is 1. The van der Waals surface area contributed by atoms with Gasteiger partial charge in [-0.2, -0.15) is 5.26 Å². The summed E-state index contributed by atoms with van der Waals surface area (Å²) in [6.45, 7) is 0. The van der Waals surface area contributed by atoms with E-state index in [1.807, 2.05) is 18.2 Å². The molecule has 5 heteroatoms. The van der Waals surface area contributed by atoms with Crippen molar-refractivity contribution < 1.29 is 0 Å². The first-order valence-corrected chi connectivity index (χ1v) is 9.12. The first-order chi connectivity index (χ1) is 12.6. The maximum Gasteiger partial charge on any atom is 0.142 e. The zero-order valence-electron chi connectivity index (χ0n) is 13.9. The molecule has 1 aromatic heterocycles. The first kappa shape index (κ1) is 16.9. The molecule has 1 aliphatic rings. The lowest BCUT2D eigenvalue weighted by atomic mass is 9.90. The Morgan fingerprint density at radius 1 is 1.04 bits per heavy atom. The highest BCUT2D eigenvalue weighted by atomic mass is 35.5. The van der Waals surface area contributed by atoms with Crippen LogP contribution in [0.1, 0.15) is 23.1 Å². The van der Waals surface area contributed by atoms with Gasteiger partial charge in [0.25, 0.3) is 0 Å². The normalized spacial score (nSPS) is 12.7. The second-order valence-electron chi connectivity index (χ2n) is 6.32. The molecule has 0 amide bonds. The summed E-state index contributed by atoms with van der Waals surface area (Å²) in [5.41, 5.74) is 12.3. The molecule has 3 nitrogen and oxygen atoms in total. The van der Waals surface area contributed by atoms with E-state index in [-0.39, 0.29) is 5.82 Å². The Kier molecular flexibility index (Phi) is 4.32. The zero-order chi connectivity index (χ0) is 18.3. The Hall–Kier alpha value is -2.54. The van der Waals surface area contributed by atoms with Crippen molar-refractivity contribution in [3.05, 3.63) is 69.2 Å². The third-order valence-electron chi connectivity index (χ3n) is 4.78. The Labute approximate surface area is 162 Å². The van der Waals surface area contributed by atoms with Gasteiger partial charge in [-0.05, 0) is 42.5 Å². The highest BCUT2D eigenvalue weighted by molar-refractivity contribution is 6.36. The predicted octanol–water partition coefficient (Wildman–Crippen LogP) is 5.66. The molecule has 2 aromatic carbocycles. The second-order valence-corrected chi connectivity index (χ2v) is 7.16. The van der Waals surface area contributed by atoms with Gasteiger partial charge >= 0.3 is 0 Å². The first-order valence-electron chi connectivity index (χ1n) is 8.36. The van der Waals surface area contributed by atoms with Gasteiger partial charge < -0.3 is 5.73 Å². The number of fused-ring (bicyclic) bond motifs is 3. The molecule has 0 radical (unpaired) electrons. The number of nitrogens with two attached hydrogens (primary N) is 1. The molecule has 0 atom stereocenters. The smallest absolute Gasteiger partial charge is 0.142 e. The van der Waals surface area contributed by atoms with Crippen LogP contribution in [0.2, 0.25) is 10.0 Å². The third-order valence-corrected chi connectivity index (χ3v) is 5.33. The molecular weight excluding hydrogens is 365 g/mol. The summed E-state index contributed by atoms with van der Waals surface area (Å²) in [6.07, 6.45) is 2.74. The van der Waals surface area contributed by atoms with Crippen molar-refractivity contribution in [2.24, 2.45) is 0 Å². The van der Waals surface area contributed by atoms with Crippen molar-refractivity contribution in [1.82, 2.24) is 4.98 Å². The third kappa shape index (κ3) is 2.72. The van der Waals surface area contributed by atoms with Gasteiger partial charge in [0.2, 0.25) is 0 Å². The summed E-state index contributed by atoms with van der Waals surface area (Å²) in [4.78, 5) is 4.61. The van der Waals surface area contributed by atoms with Crippen molar-refractivity contribution in [2.45, 2.75) is 19.3 Å². The molecular formula is C21H15Cl2N3. The molecule has 2 N–H and O–H groups in total. The van der Waals surface area contributed by atoms with Crippen LogP contribution in [0, 0.1) is 11.3 Å². The largest absolute Gasteiger partial charge is 0.383 e. The van der Waals surface area contributed by atoms with Crippen LogP contribution in [-0.2, 0) is 12.8 Å². The topological polar surface area (TPSA) is 62.7 Å². The van der Waals surface area contributed by atoms with Gasteiger partial charge in [-0.15, -0.1) is 0 Å².